The number of hydrogen-bond acceptors (Lipinski definition) is 4. The van der Waals surface area contributed by atoms with E-state index in [2.05, 4.69) is 10.4 Å². The number of aromatic nitrogens is 2. The number of carbonyl (C=O) groups is 1. The summed E-state index contributed by atoms with van der Waals surface area (Å²) in [6.45, 7) is 0.664. The van der Waals surface area contributed by atoms with E-state index in [0.29, 0.717) is 18.1 Å². The van der Waals surface area contributed by atoms with Crippen molar-refractivity contribution < 1.29 is 4.79 Å². The maximum Gasteiger partial charge on any atom is 0.266 e. The molecule has 0 bridgehead atoms. The van der Waals surface area contributed by atoms with Gasteiger partial charge in [0.2, 0.25) is 5.91 Å². The molecule has 1 amide bonds. The molecule has 5 nitrogen and oxygen atoms in total. The zero-order chi connectivity index (χ0) is 17.6. The van der Waals surface area contributed by atoms with E-state index in [0.717, 1.165) is 16.1 Å². The molecule has 7 heteroatoms. The molecule has 128 valence electrons. The van der Waals surface area contributed by atoms with Crippen molar-refractivity contribution in [1.29, 1.82) is 0 Å². The van der Waals surface area contributed by atoms with Gasteiger partial charge in [0.25, 0.3) is 5.56 Å². The predicted octanol–water partition coefficient (Wildman–Crippen LogP) is 2.98. The van der Waals surface area contributed by atoms with Crippen molar-refractivity contribution in [3.8, 4) is 10.6 Å². The molecular formula is C18H16ClN3O2S. The van der Waals surface area contributed by atoms with Crippen molar-refractivity contribution in [3.05, 3.63) is 74.9 Å². The number of amides is 1. The van der Waals surface area contributed by atoms with Gasteiger partial charge in [0, 0.05) is 17.6 Å². The number of nitrogens with one attached hydrogen (secondary N) is 1. The first-order valence-corrected chi connectivity index (χ1v) is 9.01. The Morgan fingerprint density at radius 2 is 1.96 bits per heavy atom. The number of hydrogen-bond donors (Lipinski definition) is 1. The van der Waals surface area contributed by atoms with Crippen molar-refractivity contribution in [1.82, 2.24) is 15.1 Å². The van der Waals surface area contributed by atoms with Crippen LogP contribution in [-0.2, 0) is 17.8 Å². The summed E-state index contributed by atoms with van der Waals surface area (Å²) in [7, 11) is 0. The normalized spacial score (nSPS) is 10.6. The van der Waals surface area contributed by atoms with Crippen molar-refractivity contribution in [3.63, 3.8) is 0 Å². The van der Waals surface area contributed by atoms with Gasteiger partial charge in [0.15, 0.2) is 0 Å². The van der Waals surface area contributed by atoms with E-state index in [-0.39, 0.29) is 17.9 Å². The highest BCUT2D eigenvalue weighted by molar-refractivity contribution is 7.13. The Morgan fingerprint density at radius 1 is 1.16 bits per heavy atom. The zero-order valence-electron chi connectivity index (χ0n) is 13.3. The number of nitrogens with zero attached hydrogens (tertiary/aromatic N) is 2. The van der Waals surface area contributed by atoms with Gasteiger partial charge in [-0.2, -0.15) is 5.10 Å². The summed E-state index contributed by atoms with van der Waals surface area (Å²) in [4.78, 5) is 24.9. The van der Waals surface area contributed by atoms with Crippen LogP contribution in [0.15, 0.2) is 58.7 Å². The molecule has 0 aliphatic rings. The van der Waals surface area contributed by atoms with Gasteiger partial charge in [-0.05, 0) is 35.2 Å². The largest absolute Gasteiger partial charge is 0.354 e. The summed E-state index contributed by atoms with van der Waals surface area (Å²) >= 11 is 7.39. The highest BCUT2D eigenvalue weighted by Crippen LogP contribution is 2.20. The van der Waals surface area contributed by atoms with Crippen LogP contribution in [0.1, 0.15) is 5.56 Å². The van der Waals surface area contributed by atoms with E-state index in [4.69, 9.17) is 11.6 Å². The quantitative estimate of drug-likeness (QED) is 0.722. The van der Waals surface area contributed by atoms with Crippen LogP contribution in [-0.4, -0.2) is 22.2 Å². The first-order valence-electron chi connectivity index (χ1n) is 7.75. The number of thiophene rings is 1. The first kappa shape index (κ1) is 17.4. The fourth-order valence-corrected chi connectivity index (χ4v) is 3.13. The summed E-state index contributed by atoms with van der Waals surface area (Å²) in [5, 5.41) is 9.76. The van der Waals surface area contributed by atoms with Gasteiger partial charge in [-0.25, -0.2) is 4.68 Å². The lowest BCUT2D eigenvalue weighted by Crippen LogP contribution is -2.32. The molecule has 0 fully saturated rings. The lowest BCUT2D eigenvalue weighted by atomic mass is 10.1. The average Bonchev–Trinajstić information content (AvgIpc) is 3.13. The number of carbonyl (C=O) groups excluding carboxylic acids is 1. The lowest BCUT2D eigenvalue weighted by molar-refractivity contribution is -0.120. The monoisotopic (exact) mass is 373 g/mol. The summed E-state index contributed by atoms with van der Waals surface area (Å²) in [6.07, 6.45) is 0.273. The second-order valence-corrected chi connectivity index (χ2v) is 6.79. The Balaban J connectivity index is 1.56. The number of benzene rings is 1. The minimum Gasteiger partial charge on any atom is -0.354 e. The van der Waals surface area contributed by atoms with Gasteiger partial charge in [-0.3, -0.25) is 9.59 Å². The molecule has 2 heterocycles. The van der Waals surface area contributed by atoms with Crippen LogP contribution in [0.4, 0.5) is 0 Å². The Morgan fingerprint density at radius 3 is 2.68 bits per heavy atom. The van der Waals surface area contributed by atoms with Crippen LogP contribution in [0.5, 0.6) is 0 Å². The molecule has 1 aromatic carbocycles. The summed E-state index contributed by atoms with van der Waals surface area (Å²) in [6, 6.07) is 14.2. The van der Waals surface area contributed by atoms with Crippen LogP contribution < -0.4 is 10.9 Å². The zero-order valence-corrected chi connectivity index (χ0v) is 14.9. The molecule has 0 aliphatic heterocycles. The number of halogens is 1. The minimum atomic E-state index is -0.188. The van der Waals surface area contributed by atoms with Gasteiger partial charge in [-0.15, -0.1) is 11.3 Å². The average molecular weight is 374 g/mol. The fraction of sp³-hybridized carbons (Fsp3) is 0.167. The summed E-state index contributed by atoms with van der Waals surface area (Å²) in [5.74, 6) is -0.107. The van der Waals surface area contributed by atoms with Gasteiger partial charge in [-0.1, -0.05) is 29.8 Å². The lowest BCUT2D eigenvalue weighted by Gasteiger charge is -2.08. The van der Waals surface area contributed by atoms with Gasteiger partial charge in [0.05, 0.1) is 17.8 Å². The maximum absolute atomic E-state index is 12.0. The van der Waals surface area contributed by atoms with Gasteiger partial charge >= 0.3 is 0 Å². The highest BCUT2D eigenvalue weighted by atomic mass is 35.5. The SMILES string of the molecule is O=C(Cc1ccc(Cl)cc1)NCCn1nc(-c2cccs2)ccc1=O. The molecule has 3 aromatic rings. The first-order chi connectivity index (χ1) is 12.1. The van der Waals surface area contributed by atoms with Crippen LogP contribution in [0.3, 0.4) is 0 Å². The maximum atomic E-state index is 12.0. The standard InChI is InChI=1S/C18H16ClN3O2S/c19-14-5-3-13(4-6-14)12-17(23)20-9-10-22-18(24)8-7-15(21-22)16-2-1-11-25-16/h1-8,11H,9-10,12H2,(H,20,23). The van der Waals surface area contributed by atoms with Crippen molar-refractivity contribution >= 4 is 28.8 Å². The van der Waals surface area contributed by atoms with Crippen LogP contribution in [0.25, 0.3) is 10.6 Å². The summed E-state index contributed by atoms with van der Waals surface area (Å²) in [5.41, 5.74) is 1.45. The molecule has 0 atom stereocenters. The second kappa shape index (κ2) is 8.09. The molecule has 0 unspecified atom stereocenters. The molecule has 0 spiro atoms. The van der Waals surface area contributed by atoms with Crippen molar-refractivity contribution in [2.75, 3.05) is 6.54 Å². The van der Waals surface area contributed by atoms with E-state index in [9.17, 15) is 9.59 Å². The van der Waals surface area contributed by atoms with Gasteiger partial charge in [0.1, 0.15) is 5.69 Å². The molecule has 0 saturated heterocycles. The molecule has 3 rings (SSSR count). The predicted molar refractivity (Wildman–Crippen MR) is 100.0 cm³/mol. The highest BCUT2D eigenvalue weighted by Gasteiger charge is 2.06. The van der Waals surface area contributed by atoms with Crippen LogP contribution in [0, 0.1) is 0 Å². The van der Waals surface area contributed by atoms with Crippen LogP contribution >= 0.6 is 22.9 Å². The Bertz CT molecular complexity index is 905. The molecule has 0 radical (unpaired) electrons. The smallest absolute Gasteiger partial charge is 0.266 e. The third-order valence-electron chi connectivity index (χ3n) is 3.56. The van der Waals surface area contributed by atoms with Crippen molar-refractivity contribution in [2.45, 2.75) is 13.0 Å². The second-order valence-electron chi connectivity index (χ2n) is 5.41. The molecule has 2 aromatic heterocycles. The Labute approximate surface area is 153 Å². The Hall–Kier alpha value is -2.44. The van der Waals surface area contributed by atoms with E-state index >= 15 is 0 Å². The van der Waals surface area contributed by atoms with Crippen molar-refractivity contribution in [2.24, 2.45) is 0 Å². The topological polar surface area (TPSA) is 64.0 Å². The third kappa shape index (κ3) is 4.78. The van der Waals surface area contributed by atoms with E-state index in [1.54, 1.807) is 29.5 Å². The minimum absolute atomic E-state index is 0.107. The van der Waals surface area contributed by atoms with E-state index in [1.165, 1.54) is 10.7 Å². The molecule has 1 N–H and O–H groups in total. The molecule has 0 saturated carbocycles. The Kier molecular flexibility index (Phi) is 5.63. The van der Waals surface area contributed by atoms with E-state index < -0.39 is 0 Å². The summed E-state index contributed by atoms with van der Waals surface area (Å²) < 4.78 is 1.37. The molecule has 25 heavy (non-hydrogen) atoms. The van der Waals surface area contributed by atoms with E-state index in [1.807, 2.05) is 29.6 Å². The molecule has 0 aliphatic carbocycles. The van der Waals surface area contributed by atoms with Crippen LogP contribution in [0.2, 0.25) is 5.02 Å². The fourth-order valence-electron chi connectivity index (χ4n) is 2.32. The number of rotatable bonds is 6. The van der Waals surface area contributed by atoms with Gasteiger partial charge < -0.3 is 5.32 Å². The molecular weight excluding hydrogens is 358 g/mol. The third-order valence-corrected chi connectivity index (χ3v) is 4.71.